The number of aliphatic hydroxyl groups is 1. The number of hydrogen-bond acceptors (Lipinski definition) is 4. The van der Waals surface area contributed by atoms with E-state index in [0.717, 1.165) is 5.69 Å². The molecule has 0 aliphatic rings. The van der Waals surface area contributed by atoms with Gasteiger partial charge in [-0.15, -0.1) is 0 Å². The van der Waals surface area contributed by atoms with Gasteiger partial charge >= 0.3 is 5.97 Å². The smallest absolute Gasteiger partial charge is 0.349 e. The standard InChI is InChI=1S/C17H25N3O3/c1-16(2,3)17(4,23)11-19-14(10-13(18)15(21)22)20-12-8-6-5-7-9-12/h5-9,18,23H,10-11H2,1-4H3,(H,19,20)(H,21,22). The van der Waals surface area contributed by atoms with Gasteiger partial charge < -0.3 is 15.5 Å². The summed E-state index contributed by atoms with van der Waals surface area (Å²) in [7, 11) is 0. The van der Waals surface area contributed by atoms with Crippen LogP contribution < -0.4 is 5.32 Å². The van der Waals surface area contributed by atoms with Gasteiger partial charge in [-0.1, -0.05) is 39.0 Å². The quantitative estimate of drug-likeness (QED) is 0.478. The lowest BCUT2D eigenvalue weighted by molar-refractivity contribution is -0.129. The Morgan fingerprint density at radius 2 is 1.78 bits per heavy atom. The molecule has 0 saturated carbocycles. The normalized spacial score (nSPS) is 14.9. The fourth-order valence-electron chi connectivity index (χ4n) is 1.56. The second-order valence-electron chi connectivity index (χ2n) is 6.74. The van der Waals surface area contributed by atoms with E-state index >= 15 is 0 Å². The number of para-hydroxylation sites is 1. The van der Waals surface area contributed by atoms with Crippen LogP contribution in [0.25, 0.3) is 0 Å². The number of anilines is 1. The molecule has 0 spiro atoms. The summed E-state index contributed by atoms with van der Waals surface area (Å²) in [4.78, 5) is 15.2. The highest BCUT2D eigenvalue weighted by Gasteiger charge is 2.35. The number of benzene rings is 1. The Labute approximate surface area is 136 Å². The number of carbonyl (C=O) groups is 1. The minimum Gasteiger partial charge on any atom is -0.477 e. The van der Waals surface area contributed by atoms with Gasteiger partial charge in [0.1, 0.15) is 11.5 Å². The molecule has 0 amide bonds. The zero-order valence-electron chi connectivity index (χ0n) is 14.1. The molecule has 0 aliphatic carbocycles. The van der Waals surface area contributed by atoms with Crippen LogP contribution in [0.5, 0.6) is 0 Å². The molecule has 1 aromatic carbocycles. The molecule has 6 heteroatoms. The number of rotatable bonds is 6. The predicted octanol–water partition coefficient (Wildman–Crippen LogP) is 2.79. The number of carboxylic acid groups (broad SMARTS) is 1. The van der Waals surface area contributed by atoms with Crippen molar-refractivity contribution in [3.63, 3.8) is 0 Å². The van der Waals surface area contributed by atoms with E-state index in [0.29, 0.717) is 5.84 Å². The van der Waals surface area contributed by atoms with Crippen LogP contribution >= 0.6 is 0 Å². The zero-order valence-corrected chi connectivity index (χ0v) is 14.1. The van der Waals surface area contributed by atoms with Crippen LogP contribution in [0.4, 0.5) is 5.69 Å². The van der Waals surface area contributed by atoms with Crippen molar-refractivity contribution in [2.24, 2.45) is 10.4 Å². The summed E-state index contributed by atoms with van der Waals surface area (Å²) >= 11 is 0. The number of hydrogen-bond donors (Lipinski definition) is 4. The third-order valence-electron chi connectivity index (χ3n) is 3.86. The van der Waals surface area contributed by atoms with Gasteiger partial charge in [-0.05, 0) is 24.5 Å². The van der Waals surface area contributed by atoms with E-state index in [-0.39, 0.29) is 18.4 Å². The highest BCUT2D eigenvalue weighted by Crippen LogP contribution is 2.30. The molecule has 1 unspecified atom stereocenters. The van der Waals surface area contributed by atoms with Crippen molar-refractivity contribution in [1.82, 2.24) is 0 Å². The maximum Gasteiger partial charge on any atom is 0.349 e. The number of carboxylic acids is 1. The summed E-state index contributed by atoms with van der Waals surface area (Å²) in [6.45, 7) is 7.53. The molecular weight excluding hydrogens is 294 g/mol. The number of aliphatic imine (C=N–C) groups is 1. The summed E-state index contributed by atoms with van der Waals surface area (Å²) in [6, 6.07) is 9.19. The molecular formula is C17H25N3O3. The molecule has 0 saturated heterocycles. The molecule has 0 heterocycles. The van der Waals surface area contributed by atoms with Gasteiger partial charge in [0.05, 0.1) is 18.6 Å². The Bertz CT molecular complexity index is 587. The molecule has 0 fully saturated rings. The Morgan fingerprint density at radius 1 is 1.22 bits per heavy atom. The van der Waals surface area contributed by atoms with E-state index < -0.39 is 17.3 Å². The first-order valence-corrected chi connectivity index (χ1v) is 7.41. The largest absolute Gasteiger partial charge is 0.477 e. The average Bonchev–Trinajstić information content (AvgIpc) is 2.44. The van der Waals surface area contributed by atoms with Crippen molar-refractivity contribution in [2.45, 2.75) is 39.7 Å². The van der Waals surface area contributed by atoms with Crippen molar-refractivity contribution < 1.29 is 15.0 Å². The second-order valence-corrected chi connectivity index (χ2v) is 6.74. The van der Waals surface area contributed by atoms with Crippen molar-refractivity contribution in [1.29, 1.82) is 5.41 Å². The van der Waals surface area contributed by atoms with Crippen LogP contribution in [0.3, 0.4) is 0 Å². The third kappa shape index (κ3) is 5.83. The minimum absolute atomic E-state index is 0.110. The molecule has 23 heavy (non-hydrogen) atoms. The maximum absolute atomic E-state index is 10.9. The fraction of sp³-hybridized carbons (Fsp3) is 0.471. The first-order valence-electron chi connectivity index (χ1n) is 7.41. The molecule has 4 N–H and O–H groups in total. The Morgan fingerprint density at radius 3 is 2.26 bits per heavy atom. The highest BCUT2D eigenvalue weighted by atomic mass is 16.4. The molecule has 6 nitrogen and oxygen atoms in total. The molecule has 1 aromatic rings. The summed E-state index contributed by atoms with van der Waals surface area (Å²) in [6.07, 6.45) is -0.134. The predicted molar refractivity (Wildman–Crippen MR) is 92.4 cm³/mol. The van der Waals surface area contributed by atoms with Crippen molar-refractivity contribution in [3.8, 4) is 0 Å². The summed E-state index contributed by atoms with van der Waals surface area (Å²) in [5, 5.41) is 29.9. The van der Waals surface area contributed by atoms with Crippen LogP contribution in [0.15, 0.2) is 35.3 Å². The fourth-order valence-corrected chi connectivity index (χ4v) is 1.56. The minimum atomic E-state index is -1.28. The lowest BCUT2D eigenvalue weighted by Crippen LogP contribution is -2.43. The zero-order chi connectivity index (χ0) is 17.7. The van der Waals surface area contributed by atoms with E-state index in [1.165, 1.54) is 0 Å². The number of nitrogens with one attached hydrogen (secondary N) is 2. The van der Waals surface area contributed by atoms with Crippen LogP contribution in [-0.4, -0.2) is 39.9 Å². The molecule has 0 radical (unpaired) electrons. The molecule has 0 aromatic heterocycles. The number of aliphatic carboxylic acids is 1. The van der Waals surface area contributed by atoms with Crippen LogP contribution in [0.2, 0.25) is 0 Å². The SMILES string of the molecule is CC(C)(C)C(C)(O)CN=C(CC(=N)C(=O)O)Nc1ccccc1. The summed E-state index contributed by atoms with van der Waals surface area (Å²) < 4.78 is 0. The Balaban J connectivity index is 2.96. The van der Waals surface area contributed by atoms with Gasteiger partial charge in [-0.25, -0.2) is 4.79 Å². The van der Waals surface area contributed by atoms with E-state index in [9.17, 15) is 9.90 Å². The van der Waals surface area contributed by atoms with Gasteiger partial charge in [0.25, 0.3) is 0 Å². The number of amidine groups is 1. The van der Waals surface area contributed by atoms with Gasteiger partial charge in [-0.2, -0.15) is 0 Å². The molecule has 1 atom stereocenters. The monoisotopic (exact) mass is 319 g/mol. The van der Waals surface area contributed by atoms with Gasteiger partial charge in [0, 0.05) is 5.69 Å². The Kier molecular flexibility index (Phi) is 6.04. The van der Waals surface area contributed by atoms with Gasteiger partial charge in [0.15, 0.2) is 0 Å². The summed E-state index contributed by atoms with van der Waals surface area (Å²) in [5.74, 6) is -0.941. The van der Waals surface area contributed by atoms with Gasteiger partial charge in [-0.3, -0.25) is 10.4 Å². The highest BCUT2D eigenvalue weighted by molar-refractivity contribution is 6.38. The molecule has 126 valence electrons. The maximum atomic E-state index is 10.9. The number of nitrogens with zero attached hydrogens (tertiary/aromatic N) is 1. The van der Waals surface area contributed by atoms with Crippen LogP contribution in [0.1, 0.15) is 34.1 Å². The van der Waals surface area contributed by atoms with Crippen molar-refractivity contribution in [3.05, 3.63) is 30.3 Å². The van der Waals surface area contributed by atoms with E-state index in [1.54, 1.807) is 6.92 Å². The van der Waals surface area contributed by atoms with E-state index in [1.807, 2.05) is 51.1 Å². The van der Waals surface area contributed by atoms with Crippen molar-refractivity contribution in [2.75, 3.05) is 11.9 Å². The third-order valence-corrected chi connectivity index (χ3v) is 3.86. The van der Waals surface area contributed by atoms with Crippen LogP contribution in [-0.2, 0) is 4.79 Å². The first-order chi connectivity index (χ1) is 10.5. The lowest BCUT2D eigenvalue weighted by atomic mass is 9.78. The van der Waals surface area contributed by atoms with E-state index in [2.05, 4.69) is 10.3 Å². The van der Waals surface area contributed by atoms with Crippen LogP contribution in [0, 0.1) is 10.8 Å². The molecule has 0 aliphatic heterocycles. The Hall–Kier alpha value is -2.21. The lowest BCUT2D eigenvalue weighted by Gasteiger charge is -2.36. The average molecular weight is 319 g/mol. The summed E-state index contributed by atoms with van der Waals surface area (Å²) in [5.41, 5.74) is -1.14. The van der Waals surface area contributed by atoms with E-state index in [4.69, 9.17) is 10.5 Å². The van der Waals surface area contributed by atoms with Gasteiger partial charge in [0.2, 0.25) is 0 Å². The topological polar surface area (TPSA) is 106 Å². The van der Waals surface area contributed by atoms with Crippen molar-refractivity contribution >= 4 is 23.2 Å². The second kappa shape index (κ2) is 7.37. The molecule has 1 rings (SSSR count). The first kappa shape index (κ1) is 18.8. The molecule has 0 bridgehead atoms.